The van der Waals surface area contributed by atoms with Crippen molar-refractivity contribution in [3.8, 4) is 0 Å². The topological polar surface area (TPSA) is 78.8 Å². The molecule has 2 bridgehead atoms. The number of hydrogen-bond acceptors (Lipinski definition) is 4. The molecular formula is C32H23N3O3. The van der Waals surface area contributed by atoms with Crippen LogP contribution < -0.4 is 10.3 Å². The Balaban J connectivity index is 1.42. The number of carbonyl (C=O) groups excluding carboxylic acids is 3. The number of benzene rings is 4. The molecule has 8 rings (SSSR count). The molecule has 0 radical (unpaired) electrons. The molecule has 38 heavy (non-hydrogen) atoms. The van der Waals surface area contributed by atoms with E-state index >= 15 is 0 Å². The molecule has 4 aliphatic rings. The minimum absolute atomic E-state index is 0.202. The van der Waals surface area contributed by atoms with Gasteiger partial charge in [0, 0.05) is 17.7 Å². The van der Waals surface area contributed by atoms with Crippen molar-refractivity contribution in [1.29, 1.82) is 0 Å². The summed E-state index contributed by atoms with van der Waals surface area (Å²) in [5, 5.41) is 4.45. The lowest BCUT2D eigenvalue weighted by Gasteiger charge is -2.52. The Bertz CT molecular complexity index is 1580. The van der Waals surface area contributed by atoms with Gasteiger partial charge in [-0.1, -0.05) is 84.9 Å². The Morgan fingerprint density at radius 3 is 1.92 bits per heavy atom. The molecule has 184 valence electrons. The van der Waals surface area contributed by atoms with Crippen molar-refractivity contribution in [2.45, 2.75) is 11.3 Å². The molecule has 3 amide bonds. The summed E-state index contributed by atoms with van der Waals surface area (Å²) in [6, 6.07) is 33.9. The lowest BCUT2D eigenvalue weighted by Crippen LogP contribution is -2.54. The number of hydrogen-bond donors (Lipinski definition) is 1. The van der Waals surface area contributed by atoms with Gasteiger partial charge in [-0.3, -0.25) is 14.4 Å². The van der Waals surface area contributed by atoms with Crippen molar-refractivity contribution in [2.75, 3.05) is 4.90 Å². The molecule has 1 N–H and O–H groups in total. The van der Waals surface area contributed by atoms with Gasteiger partial charge in [0.2, 0.25) is 11.8 Å². The summed E-state index contributed by atoms with van der Waals surface area (Å²) < 4.78 is 0. The quantitative estimate of drug-likeness (QED) is 0.253. The number of anilines is 1. The summed E-state index contributed by atoms with van der Waals surface area (Å²) in [4.78, 5) is 42.4. The van der Waals surface area contributed by atoms with Crippen molar-refractivity contribution in [3.63, 3.8) is 0 Å². The largest absolute Gasteiger partial charge is 0.274 e. The van der Waals surface area contributed by atoms with Crippen molar-refractivity contribution in [2.24, 2.45) is 16.9 Å². The summed E-state index contributed by atoms with van der Waals surface area (Å²) in [6.07, 6.45) is 1.68. The predicted molar refractivity (Wildman–Crippen MR) is 144 cm³/mol. The van der Waals surface area contributed by atoms with Gasteiger partial charge in [-0.15, -0.1) is 0 Å². The predicted octanol–water partition coefficient (Wildman–Crippen LogP) is 4.65. The van der Waals surface area contributed by atoms with E-state index in [9.17, 15) is 14.4 Å². The number of para-hydroxylation sites is 1. The number of hydrazone groups is 1. The van der Waals surface area contributed by atoms with Crippen LogP contribution in [0.5, 0.6) is 0 Å². The van der Waals surface area contributed by atoms with Crippen LogP contribution in [-0.4, -0.2) is 23.9 Å². The molecule has 1 heterocycles. The van der Waals surface area contributed by atoms with E-state index in [2.05, 4.69) is 10.5 Å². The number of rotatable bonds is 4. The van der Waals surface area contributed by atoms with Gasteiger partial charge in [-0.2, -0.15) is 5.10 Å². The summed E-state index contributed by atoms with van der Waals surface area (Å²) in [6.45, 7) is 0. The molecule has 1 saturated heterocycles. The highest BCUT2D eigenvalue weighted by Gasteiger charge is 2.68. The average Bonchev–Trinajstić information content (AvgIpc) is 3.24. The van der Waals surface area contributed by atoms with E-state index in [-0.39, 0.29) is 23.6 Å². The zero-order valence-electron chi connectivity index (χ0n) is 20.3. The second-order valence-electron chi connectivity index (χ2n) is 9.94. The minimum Gasteiger partial charge on any atom is -0.274 e. The van der Waals surface area contributed by atoms with Gasteiger partial charge >= 0.3 is 0 Å². The zero-order valence-corrected chi connectivity index (χ0v) is 20.3. The summed E-state index contributed by atoms with van der Waals surface area (Å²) in [5.74, 6) is -2.31. The molecule has 6 nitrogen and oxygen atoms in total. The lowest BCUT2D eigenvalue weighted by molar-refractivity contribution is -0.122. The first-order valence-electron chi connectivity index (χ1n) is 12.6. The van der Waals surface area contributed by atoms with Gasteiger partial charge in [0.25, 0.3) is 5.91 Å². The fraction of sp³-hybridized carbons (Fsp3) is 0.125. The molecule has 0 spiro atoms. The van der Waals surface area contributed by atoms with Crippen molar-refractivity contribution in [1.82, 2.24) is 5.43 Å². The molecular weight excluding hydrogens is 474 g/mol. The third-order valence-corrected chi connectivity index (χ3v) is 8.17. The lowest BCUT2D eigenvalue weighted by atomic mass is 9.47. The first kappa shape index (κ1) is 22.4. The van der Waals surface area contributed by atoms with Gasteiger partial charge in [0.1, 0.15) is 0 Å². The Hall–Kier alpha value is -4.84. The molecule has 1 fully saturated rings. The molecule has 1 aliphatic heterocycles. The number of nitrogens with one attached hydrogen (secondary N) is 1. The van der Waals surface area contributed by atoms with Gasteiger partial charge in [-0.05, 0) is 46.5 Å². The first-order chi connectivity index (χ1) is 18.6. The van der Waals surface area contributed by atoms with Crippen LogP contribution in [0.2, 0.25) is 0 Å². The summed E-state index contributed by atoms with van der Waals surface area (Å²) in [7, 11) is 0. The minimum atomic E-state index is -1.02. The Morgan fingerprint density at radius 2 is 1.29 bits per heavy atom. The maximum absolute atomic E-state index is 14.2. The van der Waals surface area contributed by atoms with E-state index in [0.29, 0.717) is 11.3 Å². The number of carbonyl (C=O) groups is 3. The van der Waals surface area contributed by atoms with E-state index in [4.69, 9.17) is 0 Å². The highest BCUT2D eigenvalue weighted by atomic mass is 16.2. The van der Waals surface area contributed by atoms with Crippen LogP contribution in [0, 0.1) is 11.8 Å². The van der Waals surface area contributed by atoms with Crippen LogP contribution in [0.1, 0.15) is 38.5 Å². The Kier molecular flexibility index (Phi) is 4.91. The summed E-state index contributed by atoms with van der Waals surface area (Å²) in [5.41, 5.74) is 6.60. The third-order valence-electron chi connectivity index (χ3n) is 8.17. The number of imide groups is 1. The van der Waals surface area contributed by atoms with Crippen LogP contribution in [0.15, 0.2) is 114 Å². The third kappa shape index (κ3) is 2.94. The molecule has 0 unspecified atom stereocenters. The molecule has 0 saturated carbocycles. The summed E-state index contributed by atoms with van der Waals surface area (Å²) >= 11 is 0. The maximum Gasteiger partial charge on any atom is 0.271 e. The van der Waals surface area contributed by atoms with E-state index in [0.717, 1.165) is 22.3 Å². The molecule has 3 aliphatic carbocycles. The van der Waals surface area contributed by atoms with Crippen LogP contribution >= 0.6 is 0 Å². The smallest absolute Gasteiger partial charge is 0.271 e. The highest BCUT2D eigenvalue weighted by molar-refractivity contribution is 6.25. The van der Waals surface area contributed by atoms with Crippen LogP contribution in [-0.2, 0) is 15.0 Å². The first-order valence-corrected chi connectivity index (χ1v) is 12.6. The van der Waals surface area contributed by atoms with Gasteiger partial charge in [0.15, 0.2) is 0 Å². The number of nitrogens with zero attached hydrogens (tertiary/aromatic N) is 2. The molecule has 2 atom stereocenters. The number of amides is 3. The van der Waals surface area contributed by atoms with E-state index < -0.39 is 17.3 Å². The van der Waals surface area contributed by atoms with Crippen LogP contribution in [0.25, 0.3) is 0 Å². The van der Waals surface area contributed by atoms with Gasteiger partial charge in [0.05, 0.1) is 22.9 Å². The van der Waals surface area contributed by atoms with E-state index in [1.165, 1.54) is 4.90 Å². The standard InChI is InChI=1S/C32H23N3O3/c36-29(20-11-3-1-4-12-20)34-33-19-32-24-17-9-7-15-22(24)26(23-16-8-10-18-25(23)32)27-28(32)31(38)35(30(27)37)21-13-5-2-6-14-21/h1-19,26-28H,(H,34,36)/b33-19+/t26?,27-,28-,32?/m0/s1. The monoisotopic (exact) mass is 497 g/mol. The maximum atomic E-state index is 14.2. The molecule has 4 aromatic rings. The molecule has 4 aromatic carbocycles. The highest BCUT2D eigenvalue weighted by Crippen LogP contribution is 2.63. The molecule has 0 aromatic heterocycles. The Labute approximate surface area is 219 Å². The van der Waals surface area contributed by atoms with Crippen LogP contribution in [0.4, 0.5) is 5.69 Å². The van der Waals surface area contributed by atoms with E-state index in [1.807, 2.05) is 72.8 Å². The van der Waals surface area contributed by atoms with Crippen LogP contribution in [0.3, 0.4) is 0 Å². The van der Waals surface area contributed by atoms with Gasteiger partial charge < -0.3 is 0 Å². The fourth-order valence-corrected chi connectivity index (χ4v) is 6.73. The second kappa shape index (κ2) is 8.35. The van der Waals surface area contributed by atoms with Crippen molar-refractivity contribution < 1.29 is 14.4 Å². The van der Waals surface area contributed by atoms with Gasteiger partial charge in [-0.25, -0.2) is 10.3 Å². The average molecular weight is 498 g/mol. The normalized spacial score (nSPS) is 24.7. The fourth-order valence-electron chi connectivity index (χ4n) is 6.73. The van der Waals surface area contributed by atoms with Crippen molar-refractivity contribution >= 4 is 29.6 Å². The van der Waals surface area contributed by atoms with E-state index in [1.54, 1.807) is 42.6 Å². The van der Waals surface area contributed by atoms with Crippen molar-refractivity contribution in [3.05, 3.63) is 137 Å². The zero-order chi connectivity index (χ0) is 25.9. The SMILES string of the molecule is O=C(N/N=C/C12c3ccccc3C(c3ccccc31)[C@@H]1C(=O)N(c3ccccc3)C(=O)[C@H]12)c1ccccc1. The molecule has 6 heteroatoms. The Morgan fingerprint density at radius 1 is 0.737 bits per heavy atom. The second-order valence-corrected chi connectivity index (χ2v) is 9.94.